The molecule has 1 fully saturated rings. The van der Waals surface area contributed by atoms with Gasteiger partial charge in [-0.05, 0) is 20.2 Å². The molecular formula is C14H19FN4O3. The van der Waals surface area contributed by atoms with Gasteiger partial charge in [0.05, 0.1) is 11.5 Å². The molecule has 0 aromatic heterocycles. The number of rotatable bonds is 4. The van der Waals surface area contributed by atoms with Gasteiger partial charge in [0.15, 0.2) is 0 Å². The summed E-state index contributed by atoms with van der Waals surface area (Å²) in [7, 11) is 3.65. The first-order chi connectivity index (χ1) is 10.4. The normalized spacial score (nSPS) is 15.3. The average molecular weight is 310 g/mol. The number of nitro groups is 1. The van der Waals surface area contributed by atoms with Gasteiger partial charge in [0, 0.05) is 38.3 Å². The zero-order valence-corrected chi connectivity index (χ0v) is 12.7. The van der Waals surface area contributed by atoms with E-state index < -0.39 is 10.7 Å². The molecule has 1 saturated heterocycles. The molecule has 1 aliphatic heterocycles. The molecule has 1 aliphatic rings. The lowest BCUT2D eigenvalue weighted by Crippen LogP contribution is -2.50. The molecule has 7 nitrogen and oxygen atoms in total. The molecule has 120 valence electrons. The highest BCUT2D eigenvalue weighted by molar-refractivity contribution is 5.78. The van der Waals surface area contributed by atoms with E-state index in [2.05, 4.69) is 0 Å². The van der Waals surface area contributed by atoms with Crippen molar-refractivity contribution in [1.29, 1.82) is 0 Å². The number of benzene rings is 1. The Bertz CT molecular complexity index is 571. The molecule has 0 N–H and O–H groups in total. The van der Waals surface area contributed by atoms with Gasteiger partial charge in [-0.15, -0.1) is 0 Å². The molecule has 1 amide bonds. The van der Waals surface area contributed by atoms with Gasteiger partial charge < -0.3 is 14.7 Å². The fourth-order valence-electron chi connectivity index (χ4n) is 2.47. The van der Waals surface area contributed by atoms with E-state index in [-0.39, 0.29) is 17.3 Å². The number of hydrogen-bond donors (Lipinski definition) is 0. The van der Waals surface area contributed by atoms with E-state index in [9.17, 15) is 19.3 Å². The van der Waals surface area contributed by atoms with Gasteiger partial charge in [0.1, 0.15) is 11.5 Å². The van der Waals surface area contributed by atoms with Gasteiger partial charge in [-0.1, -0.05) is 0 Å². The molecule has 2 rings (SSSR count). The number of carbonyl (C=O) groups excluding carboxylic acids is 1. The number of likely N-dealkylation sites (N-methyl/N-ethyl adjacent to an activating group) is 1. The largest absolute Gasteiger partial charge is 0.362 e. The second-order valence-electron chi connectivity index (χ2n) is 5.50. The molecule has 8 heteroatoms. The van der Waals surface area contributed by atoms with Crippen molar-refractivity contribution in [3.8, 4) is 0 Å². The molecule has 1 aromatic carbocycles. The summed E-state index contributed by atoms with van der Waals surface area (Å²) in [5.74, 6) is -0.481. The standard InChI is InChI=1S/C14H19FN4O3/c1-16(2)10-14(20)18-7-5-17(6-8-18)13-9-11(15)3-4-12(13)19(21)22/h3-4,9H,5-8,10H2,1-2H3. The molecule has 0 radical (unpaired) electrons. The van der Waals surface area contributed by atoms with E-state index in [1.165, 1.54) is 12.1 Å². The summed E-state index contributed by atoms with van der Waals surface area (Å²) in [6.45, 7) is 2.17. The highest BCUT2D eigenvalue weighted by atomic mass is 19.1. The Hall–Kier alpha value is -2.22. The Morgan fingerprint density at radius 3 is 2.50 bits per heavy atom. The highest BCUT2D eigenvalue weighted by Gasteiger charge is 2.26. The molecule has 1 aromatic rings. The van der Waals surface area contributed by atoms with Crippen LogP contribution in [0.2, 0.25) is 0 Å². The maximum Gasteiger partial charge on any atom is 0.292 e. The van der Waals surface area contributed by atoms with Crippen molar-refractivity contribution in [1.82, 2.24) is 9.80 Å². The lowest BCUT2D eigenvalue weighted by Gasteiger charge is -2.36. The van der Waals surface area contributed by atoms with Crippen molar-refractivity contribution in [2.75, 3.05) is 51.7 Å². The van der Waals surface area contributed by atoms with Crippen LogP contribution in [0.5, 0.6) is 0 Å². The van der Waals surface area contributed by atoms with E-state index in [4.69, 9.17) is 0 Å². The number of halogens is 1. The quantitative estimate of drug-likeness (QED) is 0.611. The molecule has 0 spiro atoms. The Morgan fingerprint density at radius 1 is 1.32 bits per heavy atom. The van der Waals surface area contributed by atoms with Gasteiger partial charge in [-0.2, -0.15) is 0 Å². The summed E-state index contributed by atoms with van der Waals surface area (Å²) in [6, 6.07) is 3.43. The van der Waals surface area contributed by atoms with Crippen LogP contribution in [-0.2, 0) is 4.79 Å². The van der Waals surface area contributed by atoms with Crippen LogP contribution in [0.1, 0.15) is 0 Å². The van der Waals surface area contributed by atoms with Crippen molar-refractivity contribution >= 4 is 17.3 Å². The first kappa shape index (κ1) is 16.2. The smallest absolute Gasteiger partial charge is 0.292 e. The van der Waals surface area contributed by atoms with Gasteiger partial charge in [-0.3, -0.25) is 14.9 Å². The van der Waals surface area contributed by atoms with Crippen LogP contribution < -0.4 is 4.90 Å². The maximum atomic E-state index is 13.4. The Balaban J connectivity index is 2.07. The van der Waals surface area contributed by atoms with Crippen LogP contribution in [0.25, 0.3) is 0 Å². The van der Waals surface area contributed by atoms with E-state index in [0.717, 1.165) is 6.07 Å². The molecule has 0 aliphatic carbocycles. The van der Waals surface area contributed by atoms with Gasteiger partial charge in [0.25, 0.3) is 5.69 Å². The summed E-state index contributed by atoms with van der Waals surface area (Å²) in [6.07, 6.45) is 0. The predicted octanol–water partition coefficient (Wildman–Crippen LogP) is 0.944. The van der Waals surface area contributed by atoms with Gasteiger partial charge in [-0.25, -0.2) is 4.39 Å². The fourth-order valence-corrected chi connectivity index (χ4v) is 2.47. The van der Waals surface area contributed by atoms with Crippen LogP contribution in [0.15, 0.2) is 18.2 Å². The number of nitrogens with zero attached hydrogens (tertiary/aromatic N) is 4. The van der Waals surface area contributed by atoms with Crippen molar-refractivity contribution in [3.05, 3.63) is 34.1 Å². The number of piperazine rings is 1. The zero-order chi connectivity index (χ0) is 16.3. The number of carbonyl (C=O) groups is 1. The van der Waals surface area contributed by atoms with Crippen molar-refractivity contribution in [2.45, 2.75) is 0 Å². The molecule has 22 heavy (non-hydrogen) atoms. The SMILES string of the molecule is CN(C)CC(=O)N1CCN(c2cc(F)ccc2[N+](=O)[O-])CC1. The van der Waals surface area contributed by atoms with E-state index >= 15 is 0 Å². The highest BCUT2D eigenvalue weighted by Crippen LogP contribution is 2.29. The summed E-state index contributed by atoms with van der Waals surface area (Å²) in [4.78, 5) is 27.8. The van der Waals surface area contributed by atoms with E-state index in [0.29, 0.717) is 32.7 Å². The lowest BCUT2D eigenvalue weighted by molar-refractivity contribution is -0.384. The second kappa shape index (κ2) is 6.69. The molecular weight excluding hydrogens is 291 g/mol. The van der Waals surface area contributed by atoms with Crippen LogP contribution in [-0.4, -0.2) is 67.4 Å². The summed E-state index contributed by atoms with van der Waals surface area (Å²) < 4.78 is 13.4. The Kier molecular flexibility index (Phi) is 4.92. The number of anilines is 1. The summed E-state index contributed by atoms with van der Waals surface area (Å²) in [5, 5.41) is 11.1. The minimum Gasteiger partial charge on any atom is -0.362 e. The summed E-state index contributed by atoms with van der Waals surface area (Å²) in [5.41, 5.74) is 0.152. The third kappa shape index (κ3) is 3.70. The summed E-state index contributed by atoms with van der Waals surface area (Å²) >= 11 is 0. The van der Waals surface area contributed by atoms with Crippen LogP contribution >= 0.6 is 0 Å². The number of nitro benzene ring substituents is 1. The molecule has 0 unspecified atom stereocenters. The lowest BCUT2D eigenvalue weighted by atomic mass is 10.2. The zero-order valence-electron chi connectivity index (χ0n) is 12.7. The van der Waals surface area contributed by atoms with Crippen LogP contribution in [0, 0.1) is 15.9 Å². The number of hydrogen-bond acceptors (Lipinski definition) is 5. The van der Waals surface area contributed by atoms with Crippen LogP contribution in [0.4, 0.5) is 15.8 Å². The number of amides is 1. The first-order valence-corrected chi connectivity index (χ1v) is 7.00. The third-order valence-corrected chi connectivity index (χ3v) is 3.56. The Morgan fingerprint density at radius 2 is 1.95 bits per heavy atom. The molecule has 1 heterocycles. The van der Waals surface area contributed by atoms with E-state index in [1.807, 2.05) is 14.1 Å². The molecule has 0 atom stereocenters. The van der Waals surface area contributed by atoms with Crippen LogP contribution in [0.3, 0.4) is 0 Å². The first-order valence-electron chi connectivity index (χ1n) is 7.00. The van der Waals surface area contributed by atoms with Crippen molar-refractivity contribution < 1.29 is 14.1 Å². The second-order valence-corrected chi connectivity index (χ2v) is 5.50. The average Bonchev–Trinajstić information content (AvgIpc) is 2.46. The van der Waals surface area contributed by atoms with Gasteiger partial charge >= 0.3 is 0 Å². The monoisotopic (exact) mass is 310 g/mol. The third-order valence-electron chi connectivity index (χ3n) is 3.56. The minimum atomic E-state index is -0.516. The van der Waals surface area contributed by atoms with Crippen molar-refractivity contribution in [3.63, 3.8) is 0 Å². The van der Waals surface area contributed by atoms with E-state index in [1.54, 1.807) is 14.7 Å². The fraction of sp³-hybridized carbons (Fsp3) is 0.500. The molecule has 0 saturated carbocycles. The topological polar surface area (TPSA) is 69.9 Å². The predicted molar refractivity (Wildman–Crippen MR) is 80.4 cm³/mol. The van der Waals surface area contributed by atoms with Gasteiger partial charge in [0.2, 0.25) is 5.91 Å². The van der Waals surface area contributed by atoms with Crippen molar-refractivity contribution in [2.24, 2.45) is 0 Å². The Labute approximate surface area is 128 Å². The minimum absolute atomic E-state index is 0.0263. The molecule has 0 bridgehead atoms. The maximum absolute atomic E-state index is 13.4.